The second kappa shape index (κ2) is 4.81. The zero-order valence-electron chi connectivity index (χ0n) is 8.76. The van der Waals surface area contributed by atoms with Crippen molar-refractivity contribution in [3.05, 3.63) is 18.0 Å². The second-order valence-corrected chi connectivity index (χ2v) is 4.83. The molecule has 1 N–H and O–H groups in total. The molecule has 0 saturated carbocycles. The van der Waals surface area contributed by atoms with E-state index in [1.807, 2.05) is 18.8 Å². The van der Waals surface area contributed by atoms with E-state index in [0.29, 0.717) is 6.04 Å². The van der Waals surface area contributed by atoms with E-state index >= 15 is 0 Å². The number of hydrogen-bond donors (Lipinski definition) is 1. The van der Waals surface area contributed by atoms with Gasteiger partial charge in [-0.05, 0) is 12.2 Å². The molecule has 1 aromatic heterocycles. The Kier molecular flexibility index (Phi) is 3.43. The average molecular weight is 225 g/mol. The minimum absolute atomic E-state index is 0.00325. The first-order chi connectivity index (χ1) is 7.31. The summed E-state index contributed by atoms with van der Waals surface area (Å²) < 4.78 is 0. The van der Waals surface area contributed by atoms with Gasteiger partial charge in [-0.1, -0.05) is 0 Å². The van der Waals surface area contributed by atoms with Crippen molar-refractivity contribution in [3.8, 4) is 0 Å². The van der Waals surface area contributed by atoms with E-state index in [4.69, 9.17) is 5.11 Å². The van der Waals surface area contributed by atoms with Gasteiger partial charge in [-0.2, -0.15) is 11.8 Å². The van der Waals surface area contributed by atoms with Crippen LogP contribution < -0.4 is 4.90 Å². The van der Waals surface area contributed by atoms with Gasteiger partial charge in [0.15, 0.2) is 0 Å². The molecule has 82 valence electrons. The van der Waals surface area contributed by atoms with E-state index in [-0.39, 0.29) is 6.61 Å². The van der Waals surface area contributed by atoms with E-state index in [1.54, 1.807) is 12.4 Å². The highest BCUT2D eigenvalue weighted by Gasteiger charge is 2.21. The molecule has 0 radical (unpaired) electrons. The molecule has 0 bridgehead atoms. The fraction of sp³-hybridized carbons (Fsp3) is 0.600. The molecule has 2 rings (SSSR count). The van der Waals surface area contributed by atoms with E-state index in [0.717, 1.165) is 17.3 Å². The number of rotatable bonds is 3. The largest absolute Gasteiger partial charge is 0.392 e. The first kappa shape index (κ1) is 10.7. The van der Waals surface area contributed by atoms with Crippen molar-refractivity contribution in [1.29, 1.82) is 0 Å². The highest BCUT2D eigenvalue weighted by Crippen LogP contribution is 2.23. The Morgan fingerprint density at radius 2 is 2.27 bits per heavy atom. The molecule has 1 aromatic rings. The number of aliphatic hydroxyl groups excluding tert-OH is 1. The second-order valence-electron chi connectivity index (χ2n) is 3.68. The Bertz CT molecular complexity index is 311. The van der Waals surface area contributed by atoms with Gasteiger partial charge in [0.1, 0.15) is 0 Å². The van der Waals surface area contributed by atoms with Gasteiger partial charge in [0.25, 0.3) is 0 Å². The van der Waals surface area contributed by atoms with Gasteiger partial charge < -0.3 is 10.0 Å². The smallest absolute Gasteiger partial charge is 0.225 e. The molecule has 1 aliphatic rings. The van der Waals surface area contributed by atoms with Crippen molar-refractivity contribution in [2.75, 3.05) is 23.5 Å². The molecular formula is C10H15N3OS. The summed E-state index contributed by atoms with van der Waals surface area (Å²) in [6, 6.07) is 0.551. The van der Waals surface area contributed by atoms with Gasteiger partial charge in [0, 0.05) is 36.8 Å². The molecule has 0 aliphatic carbocycles. The lowest BCUT2D eigenvalue weighted by Crippen LogP contribution is -2.32. The maximum atomic E-state index is 8.88. The van der Waals surface area contributed by atoms with E-state index in [1.165, 1.54) is 12.2 Å². The average Bonchev–Trinajstić information content (AvgIpc) is 2.82. The summed E-state index contributed by atoms with van der Waals surface area (Å²) in [5.74, 6) is 3.13. The lowest BCUT2D eigenvalue weighted by molar-refractivity contribution is 0.281. The number of hydrogen-bond acceptors (Lipinski definition) is 5. The van der Waals surface area contributed by atoms with Gasteiger partial charge in [-0.3, -0.25) is 0 Å². The molecule has 1 atom stereocenters. The summed E-state index contributed by atoms with van der Waals surface area (Å²) in [6.07, 6.45) is 4.56. The third kappa shape index (κ3) is 2.41. The van der Waals surface area contributed by atoms with Crippen molar-refractivity contribution in [1.82, 2.24) is 9.97 Å². The van der Waals surface area contributed by atoms with Crippen LogP contribution in [-0.2, 0) is 6.61 Å². The van der Waals surface area contributed by atoms with Crippen LogP contribution in [0.2, 0.25) is 0 Å². The van der Waals surface area contributed by atoms with Crippen molar-refractivity contribution >= 4 is 17.7 Å². The SMILES string of the molecule is CN(c1ncc(CO)cn1)C1CCSC1. The number of thioether (sulfide) groups is 1. The van der Waals surface area contributed by atoms with Gasteiger partial charge in [0.2, 0.25) is 5.95 Å². The molecule has 1 saturated heterocycles. The van der Waals surface area contributed by atoms with Gasteiger partial charge in [0.05, 0.1) is 6.61 Å². The highest BCUT2D eigenvalue weighted by atomic mass is 32.2. The lowest BCUT2D eigenvalue weighted by Gasteiger charge is -2.23. The van der Waals surface area contributed by atoms with Gasteiger partial charge >= 0.3 is 0 Å². The standard InChI is InChI=1S/C10H15N3OS/c1-13(9-2-3-15-7-9)10-11-4-8(6-14)5-12-10/h4-5,9,14H,2-3,6-7H2,1H3. The summed E-state index contributed by atoms with van der Waals surface area (Å²) in [5, 5.41) is 8.88. The number of nitrogens with zero attached hydrogens (tertiary/aromatic N) is 3. The fourth-order valence-electron chi connectivity index (χ4n) is 1.60. The number of anilines is 1. The molecule has 2 heterocycles. The topological polar surface area (TPSA) is 49.2 Å². The van der Waals surface area contributed by atoms with Crippen LogP contribution in [0.25, 0.3) is 0 Å². The Morgan fingerprint density at radius 1 is 1.53 bits per heavy atom. The Hall–Kier alpha value is -0.810. The zero-order valence-corrected chi connectivity index (χ0v) is 9.57. The molecular weight excluding hydrogens is 210 g/mol. The monoisotopic (exact) mass is 225 g/mol. The van der Waals surface area contributed by atoms with E-state index in [9.17, 15) is 0 Å². The molecule has 5 heteroatoms. The van der Waals surface area contributed by atoms with Crippen LogP contribution >= 0.6 is 11.8 Å². The Balaban J connectivity index is 2.07. The molecule has 0 amide bonds. The molecule has 1 aliphatic heterocycles. The van der Waals surface area contributed by atoms with E-state index in [2.05, 4.69) is 14.9 Å². The lowest BCUT2D eigenvalue weighted by atomic mass is 10.2. The molecule has 1 fully saturated rings. The minimum atomic E-state index is 0.00325. The van der Waals surface area contributed by atoms with Crippen LogP contribution in [-0.4, -0.2) is 39.7 Å². The van der Waals surface area contributed by atoms with Crippen molar-refractivity contribution < 1.29 is 5.11 Å². The Labute approximate surface area is 93.7 Å². The normalized spacial score (nSPS) is 20.5. The predicted molar refractivity (Wildman–Crippen MR) is 62.1 cm³/mol. The van der Waals surface area contributed by atoms with Crippen LogP contribution in [0, 0.1) is 0 Å². The number of aromatic nitrogens is 2. The molecule has 15 heavy (non-hydrogen) atoms. The van der Waals surface area contributed by atoms with E-state index < -0.39 is 0 Å². The maximum absolute atomic E-state index is 8.88. The third-order valence-corrected chi connectivity index (χ3v) is 3.79. The summed E-state index contributed by atoms with van der Waals surface area (Å²) in [4.78, 5) is 10.6. The minimum Gasteiger partial charge on any atom is -0.392 e. The molecule has 1 unspecified atom stereocenters. The molecule has 0 aromatic carbocycles. The maximum Gasteiger partial charge on any atom is 0.225 e. The van der Waals surface area contributed by atoms with Crippen LogP contribution in [0.3, 0.4) is 0 Å². The highest BCUT2D eigenvalue weighted by molar-refractivity contribution is 7.99. The van der Waals surface area contributed by atoms with Crippen molar-refractivity contribution in [2.24, 2.45) is 0 Å². The summed E-state index contributed by atoms with van der Waals surface area (Å²) in [7, 11) is 2.03. The zero-order chi connectivity index (χ0) is 10.7. The van der Waals surface area contributed by atoms with Crippen LogP contribution in [0.4, 0.5) is 5.95 Å². The quantitative estimate of drug-likeness (QED) is 0.828. The first-order valence-electron chi connectivity index (χ1n) is 5.03. The van der Waals surface area contributed by atoms with Crippen molar-refractivity contribution in [2.45, 2.75) is 19.1 Å². The van der Waals surface area contributed by atoms with Gasteiger partial charge in [-0.25, -0.2) is 9.97 Å². The van der Waals surface area contributed by atoms with Crippen LogP contribution in [0.5, 0.6) is 0 Å². The summed E-state index contributed by atoms with van der Waals surface area (Å²) >= 11 is 1.98. The van der Waals surface area contributed by atoms with Crippen molar-refractivity contribution in [3.63, 3.8) is 0 Å². The van der Waals surface area contributed by atoms with Crippen LogP contribution in [0.1, 0.15) is 12.0 Å². The summed E-state index contributed by atoms with van der Waals surface area (Å²) in [5.41, 5.74) is 0.757. The third-order valence-electron chi connectivity index (χ3n) is 2.64. The molecule has 0 spiro atoms. The predicted octanol–water partition coefficient (Wildman–Crippen LogP) is 0.911. The first-order valence-corrected chi connectivity index (χ1v) is 6.19. The van der Waals surface area contributed by atoms with Crippen LogP contribution in [0.15, 0.2) is 12.4 Å². The van der Waals surface area contributed by atoms with Gasteiger partial charge in [-0.15, -0.1) is 0 Å². The molecule has 4 nitrogen and oxygen atoms in total. The Morgan fingerprint density at radius 3 is 2.80 bits per heavy atom. The fourth-order valence-corrected chi connectivity index (χ4v) is 2.87. The summed E-state index contributed by atoms with van der Waals surface area (Å²) in [6.45, 7) is 0.00325. The number of aliphatic hydroxyl groups is 1.